The average Bonchev–Trinajstić information content (AvgIpc) is 2.73. The third-order valence-corrected chi connectivity index (χ3v) is 6.44. The fourth-order valence-electron chi connectivity index (χ4n) is 4.37. The van der Waals surface area contributed by atoms with E-state index >= 15 is 0 Å². The zero-order valence-electron chi connectivity index (χ0n) is 20.1. The summed E-state index contributed by atoms with van der Waals surface area (Å²) < 4.78 is 5.03. The summed E-state index contributed by atoms with van der Waals surface area (Å²) in [5, 5.41) is 49.0. The standard InChI is InChI=1S/C26H38O7/c1-15(11-12-18-17(3)10-7-13-26(18,4)5)8-6-9-16(2)14-19(27)33-25-23(31)21(29)20(28)22(30)24(25)32/h6,8-9,11-12,14,20-25,28-32H,7,10,13H2,1-5H3. The second-order valence-corrected chi connectivity index (χ2v) is 9.78. The number of rotatable bonds is 6. The topological polar surface area (TPSA) is 127 Å². The molecule has 5 N–H and O–H groups in total. The van der Waals surface area contributed by atoms with Crippen LogP contribution in [0.4, 0.5) is 0 Å². The van der Waals surface area contributed by atoms with Gasteiger partial charge in [-0.15, -0.1) is 0 Å². The molecule has 7 nitrogen and oxygen atoms in total. The minimum atomic E-state index is -1.74. The summed E-state index contributed by atoms with van der Waals surface area (Å²) >= 11 is 0. The fourth-order valence-corrected chi connectivity index (χ4v) is 4.37. The van der Waals surface area contributed by atoms with E-state index in [1.807, 2.05) is 13.0 Å². The Morgan fingerprint density at radius 2 is 1.52 bits per heavy atom. The third-order valence-electron chi connectivity index (χ3n) is 6.44. The Morgan fingerprint density at radius 1 is 0.939 bits per heavy atom. The maximum Gasteiger partial charge on any atom is 0.331 e. The molecule has 4 atom stereocenters. The van der Waals surface area contributed by atoms with E-state index in [1.165, 1.54) is 30.1 Å². The molecule has 7 heteroatoms. The summed E-state index contributed by atoms with van der Waals surface area (Å²) in [6, 6.07) is 0. The lowest BCUT2D eigenvalue weighted by molar-refractivity contribution is -0.231. The van der Waals surface area contributed by atoms with Gasteiger partial charge in [-0.2, -0.15) is 0 Å². The minimum absolute atomic E-state index is 0.179. The van der Waals surface area contributed by atoms with Crippen LogP contribution in [0, 0.1) is 5.41 Å². The zero-order chi connectivity index (χ0) is 24.9. The van der Waals surface area contributed by atoms with E-state index in [9.17, 15) is 30.3 Å². The van der Waals surface area contributed by atoms with Crippen LogP contribution in [-0.2, 0) is 9.53 Å². The van der Waals surface area contributed by atoms with E-state index in [0.717, 1.165) is 12.0 Å². The molecular weight excluding hydrogens is 424 g/mol. The first-order valence-electron chi connectivity index (χ1n) is 11.4. The van der Waals surface area contributed by atoms with Crippen molar-refractivity contribution in [3.8, 4) is 0 Å². The van der Waals surface area contributed by atoms with E-state index < -0.39 is 42.6 Å². The number of carbonyl (C=O) groups is 1. The lowest BCUT2D eigenvalue weighted by Gasteiger charge is -2.40. The van der Waals surface area contributed by atoms with Crippen LogP contribution in [-0.4, -0.2) is 68.1 Å². The summed E-state index contributed by atoms with van der Waals surface area (Å²) in [7, 11) is 0. The summed E-state index contributed by atoms with van der Waals surface area (Å²) in [5.74, 6) is -0.849. The second-order valence-electron chi connectivity index (χ2n) is 9.78. The highest BCUT2D eigenvalue weighted by Gasteiger charge is 2.50. The first-order valence-corrected chi connectivity index (χ1v) is 11.4. The Bertz CT molecular complexity index is 846. The lowest BCUT2D eigenvalue weighted by atomic mass is 9.72. The van der Waals surface area contributed by atoms with Crippen LogP contribution >= 0.6 is 0 Å². The number of hydrogen-bond acceptors (Lipinski definition) is 7. The predicted octanol–water partition coefficient (Wildman–Crippen LogP) is 2.25. The highest BCUT2D eigenvalue weighted by molar-refractivity contribution is 5.83. The molecule has 0 aromatic rings. The predicted molar refractivity (Wildman–Crippen MR) is 126 cm³/mol. The van der Waals surface area contributed by atoms with Crippen molar-refractivity contribution >= 4 is 5.97 Å². The molecule has 1 fully saturated rings. The molecule has 184 valence electrons. The molecule has 0 aromatic heterocycles. The molecule has 0 heterocycles. The molecule has 4 unspecified atom stereocenters. The highest BCUT2D eigenvalue weighted by Crippen LogP contribution is 2.40. The smallest absolute Gasteiger partial charge is 0.331 e. The number of hydrogen-bond donors (Lipinski definition) is 5. The molecular formula is C26H38O7. The van der Waals surface area contributed by atoms with Gasteiger partial charge < -0.3 is 30.3 Å². The SMILES string of the molecule is CC(C=CC1=C(C)CCCC1(C)C)=CC=CC(C)=CC(=O)OC1C(O)C(O)C(O)C(O)C1O. The van der Waals surface area contributed by atoms with Crippen LogP contribution in [0.1, 0.15) is 53.9 Å². The molecule has 1 saturated carbocycles. The second kappa shape index (κ2) is 11.4. The van der Waals surface area contributed by atoms with Crippen LogP contribution in [0.3, 0.4) is 0 Å². The Morgan fingerprint density at radius 3 is 2.09 bits per heavy atom. The van der Waals surface area contributed by atoms with Gasteiger partial charge in [0.15, 0.2) is 6.10 Å². The van der Waals surface area contributed by atoms with E-state index in [4.69, 9.17) is 4.74 Å². The van der Waals surface area contributed by atoms with Gasteiger partial charge in [0.1, 0.15) is 30.5 Å². The van der Waals surface area contributed by atoms with Crippen LogP contribution < -0.4 is 0 Å². The number of aliphatic hydroxyl groups is 5. The molecule has 2 aliphatic rings. The van der Waals surface area contributed by atoms with Crippen LogP contribution in [0.5, 0.6) is 0 Å². The van der Waals surface area contributed by atoms with Crippen molar-refractivity contribution in [2.75, 3.05) is 0 Å². The highest BCUT2D eigenvalue weighted by atomic mass is 16.6. The van der Waals surface area contributed by atoms with E-state index in [2.05, 4.69) is 32.9 Å². The number of aliphatic hydroxyl groups excluding tert-OH is 5. The molecule has 0 aliphatic heterocycles. The fraction of sp³-hybridized carbons (Fsp3) is 0.577. The van der Waals surface area contributed by atoms with Crippen molar-refractivity contribution < 1.29 is 35.1 Å². The van der Waals surface area contributed by atoms with Crippen molar-refractivity contribution in [2.45, 2.75) is 90.5 Å². The Balaban J connectivity index is 1.99. The quantitative estimate of drug-likeness (QED) is 0.233. The first-order chi connectivity index (χ1) is 15.3. The minimum Gasteiger partial charge on any atom is -0.453 e. The lowest BCUT2D eigenvalue weighted by Crippen LogP contribution is -2.64. The molecule has 0 aromatic carbocycles. The molecule has 0 amide bonds. The van der Waals surface area contributed by atoms with Crippen LogP contribution in [0.25, 0.3) is 0 Å². The molecule has 2 aliphatic carbocycles. The summed E-state index contributed by atoms with van der Waals surface area (Å²) in [6.45, 7) is 10.4. The summed E-state index contributed by atoms with van der Waals surface area (Å²) in [6.07, 6.45) is 4.20. The summed E-state index contributed by atoms with van der Waals surface area (Å²) in [5.41, 5.74) is 4.63. The first kappa shape index (κ1) is 27.2. The zero-order valence-corrected chi connectivity index (χ0v) is 20.1. The molecule has 0 bridgehead atoms. The largest absolute Gasteiger partial charge is 0.453 e. The molecule has 0 radical (unpaired) electrons. The van der Waals surface area contributed by atoms with Gasteiger partial charge in [-0.1, -0.05) is 55.4 Å². The van der Waals surface area contributed by atoms with Crippen LogP contribution in [0.15, 0.2) is 58.7 Å². The monoisotopic (exact) mass is 462 g/mol. The van der Waals surface area contributed by atoms with Crippen molar-refractivity contribution in [3.05, 3.63) is 58.7 Å². The van der Waals surface area contributed by atoms with Gasteiger partial charge in [0.05, 0.1) is 0 Å². The number of esters is 1. The van der Waals surface area contributed by atoms with Gasteiger partial charge in [-0.05, 0) is 56.6 Å². The average molecular weight is 463 g/mol. The molecule has 33 heavy (non-hydrogen) atoms. The molecule has 2 rings (SSSR count). The number of ether oxygens (including phenoxy) is 1. The van der Waals surface area contributed by atoms with Gasteiger partial charge in [0.25, 0.3) is 0 Å². The van der Waals surface area contributed by atoms with Crippen molar-refractivity contribution in [1.29, 1.82) is 0 Å². The van der Waals surface area contributed by atoms with E-state index in [1.54, 1.807) is 19.1 Å². The van der Waals surface area contributed by atoms with Crippen LogP contribution in [0.2, 0.25) is 0 Å². The Kier molecular flexibility index (Phi) is 9.40. The van der Waals surface area contributed by atoms with Gasteiger partial charge >= 0.3 is 5.97 Å². The van der Waals surface area contributed by atoms with Crippen molar-refractivity contribution in [3.63, 3.8) is 0 Å². The van der Waals surface area contributed by atoms with Gasteiger partial charge in [-0.3, -0.25) is 0 Å². The maximum atomic E-state index is 12.2. The maximum absolute atomic E-state index is 12.2. The number of allylic oxidation sites excluding steroid dienone is 9. The van der Waals surface area contributed by atoms with Crippen molar-refractivity contribution in [1.82, 2.24) is 0 Å². The van der Waals surface area contributed by atoms with E-state index in [0.29, 0.717) is 5.57 Å². The normalized spacial score (nSPS) is 33.8. The van der Waals surface area contributed by atoms with Gasteiger partial charge in [0, 0.05) is 6.08 Å². The van der Waals surface area contributed by atoms with E-state index in [-0.39, 0.29) is 5.41 Å². The van der Waals surface area contributed by atoms with Gasteiger partial charge in [0.2, 0.25) is 0 Å². The third kappa shape index (κ3) is 6.98. The Labute approximate surface area is 196 Å². The molecule has 0 saturated heterocycles. The Hall–Kier alpha value is -2.03. The number of carbonyl (C=O) groups excluding carboxylic acids is 1. The van der Waals surface area contributed by atoms with Gasteiger partial charge in [-0.25, -0.2) is 4.79 Å². The van der Waals surface area contributed by atoms with Crippen molar-refractivity contribution in [2.24, 2.45) is 5.41 Å². The molecule has 0 spiro atoms. The summed E-state index contributed by atoms with van der Waals surface area (Å²) in [4.78, 5) is 12.2.